The molecule has 0 bridgehead atoms. The molecule has 21 heavy (non-hydrogen) atoms. The molecule has 1 aliphatic heterocycles. The molecular weight excluding hydrogens is 273 g/mol. The van der Waals surface area contributed by atoms with E-state index in [1.807, 2.05) is 20.8 Å². The summed E-state index contributed by atoms with van der Waals surface area (Å²) in [6.07, 6.45) is 0.266. The van der Waals surface area contributed by atoms with Crippen LogP contribution in [-0.2, 0) is 4.79 Å². The van der Waals surface area contributed by atoms with Crippen LogP contribution in [0, 0.1) is 5.82 Å². The summed E-state index contributed by atoms with van der Waals surface area (Å²) in [5.74, 6) is -0.481. The first-order valence-corrected chi connectivity index (χ1v) is 6.90. The van der Waals surface area contributed by atoms with Crippen molar-refractivity contribution in [3.63, 3.8) is 0 Å². The van der Waals surface area contributed by atoms with E-state index in [9.17, 15) is 14.0 Å². The van der Waals surface area contributed by atoms with Gasteiger partial charge in [0.05, 0.1) is 11.7 Å². The highest BCUT2D eigenvalue weighted by Gasteiger charge is 2.36. The van der Waals surface area contributed by atoms with E-state index >= 15 is 0 Å². The predicted molar refractivity (Wildman–Crippen MR) is 78.4 cm³/mol. The Kier molecular flexibility index (Phi) is 4.16. The Bertz CT molecular complexity index is 554. The Morgan fingerprint density at radius 3 is 2.57 bits per heavy atom. The average Bonchev–Trinajstić information content (AvgIpc) is 2.73. The molecule has 0 spiro atoms. The number of hydrogen-bond acceptors (Lipinski definition) is 2. The molecule has 1 unspecified atom stereocenters. The molecule has 2 N–H and O–H groups in total. The lowest BCUT2D eigenvalue weighted by Crippen LogP contribution is -2.45. The molecule has 1 saturated heterocycles. The van der Waals surface area contributed by atoms with Crippen LogP contribution in [-0.4, -0.2) is 35.0 Å². The molecule has 5 nitrogen and oxygen atoms in total. The maximum atomic E-state index is 13.4. The first-order valence-electron chi connectivity index (χ1n) is 6.90. The normalized spacial score (nSPS) is 18.8. The van der Waals surface area contributed by atoms with Gasteiger partial charge in [-0.1, -0.05) is 12.1 Å². The lowest BCUT2D eigenvalue weighted by Gasteiger charge is -2.32. The summed E-state index contributed by atoms with van der Waals surface area (Å²) in [5.41, 5.74) is -0.151. The third kappa shape index (κ3) is 3.71. The fraction of sp³-hybridized carbons (Fsp3) is 0.467. The number of likely N-dealkylation sites (tertiary alicyclic amines) is 1. The second-order valence-electron chi connectivity index (χ2n) is 6.15. The van der Waals surface area contributed by atoms with Crippen LogP contribution in [0.4, 0.5) is 14.9 Å². The van der Waals surface area contributed by atoms with Crippen LogP contribution in [0.15, 0.2) is 24.3 Å². The highest BCUT2D eigenvalue weighted by molar-refractivity contribution is 5.90. The molecule has 1 heterocycles. The summed E-state index contributed by atoms with van der Waals surface area (Å²) in [7, 11) is 0. The van der Waals surface area contributed by atoms with Crippen molar-refractivity contribution in [3.05, 3.63) is 30.1 Å². The first kappa shape index (κ1) is 15.3. The largest absolute Gasteiger partial charge is 0.336 e. The van der Waals surface area contributed by atoms with Crippen LogP contribution >= 0.6 is 0 Å². The topological polar surface area (TPSA) is 61.4 Å². The third-order valence-corrected chi connectivity index (χ3v) is 3.39. The molecule has 1 fully saturated rings. The van der Waals surface area contributed by atoms with Gasteiger partial charge in [0.25, 0.3) is 0 Å². The quantitative estimate of drug-likeness (QED) is 0.879. The van der Waals surface area contributed by atoms with E-state index < -0.39 is 11.8 Å². The number of hydrogen-bond donors (Lipinski definition) is 2. The fourth-order valence-corrected chi connectivity index (χ4v) is 2.36. The number of rotatable bonds is 2. The number of anilines is 1. The number of halogens is 1. The van der Waals surface area contributed by atoms with E-state index in [2.05, 4.69) is 10.6 Å². The van der Waals surface area contributed by atoms with Crippen molar-refractivity contribution in [1.29, 1.82) is 0 Å². The van der Waals surface area contributed by atoms with Gasteiger partial charge in [-0.2, -0.15) is 0 Å². The van der Waals surface area contributed by atoms with Gasteiger partial charge in [0.1, 0.15) is 5.82 Å². The van der Waals surface area contributed by atoms with E-state index in [-0.39, 0.29) is 29.6 Å². The zero-order valence-electron chi connectivity index (χ0n) is 12.4. The predicted octanol–water partition coefficient (Wildman–Crippen LogP) is 2.35. The number of carbonyl (C=O) groups excluding carboxylic acids is 2. The zero-order chi connectivity index (χ0) is 15.6. The van der Waals surface area contributed by atoms with Gasteiger partial charge in [-0.05, 0) is 32.9 Å². The number of urea groups is 1. The van der Waals surface area contributed by atoms with Crippen LogP contribution in [0.3, 0.4) is 0 Å². The second kappa shape index (κ2) is 5.71. The molecular formula is C15H20FN3O2. The van der Waals surface area contributed by atoms with Crippen LogP contribution < -0.4 is 10.6 Å². The molecule has 0 radical (unpaired) electrons. The number of benzene rings is 1. The molecule has 1 aromatic carbocycles. The van der Waals surface area contributed by atoms with Crippen LogP contribution in [0.25, 0.3) is 0 Å². The van der Waals surface area contributed by atoms with Crippen molar-refractivity contribution in [2.75, 3.05) is 11.9 Å². The fourth-order valence-electron chi connectivity index (χ4n) is 2.36. The van der Waals surface area contributed by atoms with Gasteiger partial charge in [0, 0.05) is 18.5 Å². The van der Waals surface area contributed by atoms with Gasteiger partial charge in [-0.25, -0.2) is 9.18 Å². The number of carbonyl (C=O) groups is 2. The number of nitrogens with one attached hydrogen (secondary N) is 2. The Morgan fingerprint density at radius 1 is 1.33 bits per heavy atom. The Labute approximate surface area is 123 Å². The van der Waals surface area contributed by atoms with Crippen molar-refractivity contribution in [2.45, 2.75) is 38.8 Å². The van der Waals surface area contributed by atoms with E-state index in [1.165, 1.54) is 12.1 Å². The van der Waals surface area contributed by atoms with Gasteiger partial charge in [0.15, 0.2) is 0 Å². The standard InChI is InChI=1S/C15H20FN3O2/c1-15(2,3)19-9-10(8-13(19)20)17-14(21)18-12-7-5-4-6-11(12)16/h4-7,10H,8-9H2,1-3H3,(H2,17,18,21). The van der Waals surface area contributed by atoms with Crippen LogP contribution in [0.2, 0.25) is 0 Å². The van der Waals surface area contributed by atoms with Crippen molar-refractivity contribution in [2.24, 2.45) is 0 Å². The summed E-state index contributed by atoms with van der Waals surface area (Å²) in [4.78, 5) is 25.5. The van der Waals surface area contributed by atoms with Gasteiger partial charge >= 0.3 is 6.03 Å². The van der Waals surface area contributed by atoms with E-state index in [4.69, 9.17) is 0 Å². The molecule has 2 rings (SSSR count). The Hall–Kier alpha value is -2.11. The van der Waals surface area contributed by atoms with Crippen LogP contribution in [0.5, 0.6) is 0 Å². The van der Waals surface area contributed by atoms with Gasteiger partial charge in [-0.3, -0.25) is 4.79 Å². The van der Waals surface area contributed by atoms with Crippen molar-refractivity contribution in [1.82, 2.24) is 10.2 Å². The number of nitrogens with zero attached hydrogens (tertiary/aromatic N) is 1. The summed E-state index contributed by atoms with van der Waals surface area (Å²) in [6, 6.07) is 5.18. The first-order chi connectivity index (χ1) is 9.77. The Balaban J connectivity index is 1.93. The molecule has 0 saturated carbocycles. The highest BCUT2D eigenvalue weighted by Crippen LogP contribution is 2.22. The minimum atomic E-state index is -0.506. The van der Waals surface area contributed by atoms with E-state index in [0.29, 0.717) is 6.54 Å². The van der Waals surface area contributed by atoms with Gasteiger partial charge in [0.2, 0.25) is 5.91 Å². The highest BCUT2D eigenvalue weighted by atomic mass is 19.1. The molecule has 3 amide bonds. The van der Waals surface area contributed by atoms with Crippen LogP contribution in [0.1, 0.15) is 27.2 Å². The SMILES string of the molecule is CC(C)(C)N1CC(NC(=O)Nc2ccccc2F)CC1=O. The summed E-state index contributed by atoms with van der Waals surface area (Å²) < 4.78 is 13.4. The molecule has 1 atom stereocenters. The maximum Gasteiger partial charge on any atom is 0.319 e. The zero-order valence-corrected chi connectivity index (χ0v) is 12.4. The van der Waals surface area contributed by atoms with Gasteiger partial charge in [-0.15, -0.1) is 0 Å². The maximum absolute atomic E-state index is 13.4. The molecule has 0 aliphatic carbocycles. The Morgan fingerprint density at radius 2 is 2.00 bits per heavy atom. The van der Waals surface area contributed by atoms with Crippen molar-refractivity contribution in [3.8, 4) is 0 Å². The monoisotopic (exact) mass is 293 g/mol. The van der Waals surface area contributed by atoms with Crippen molar-refractivity contribution >= 4 is 17.6 Å². The smallest absolute Gasteiger partial charge is 0.319 e. The van der Waals surface area contributed by atoms with E-state index in [0.717, 1.165) is 0 Å². The third-order valence-electron chi connectivity index (χ3n) is 3.39. The lowest BCUT2D eigenvalue weighted by atomic mass is 10.1. The van der Waals surface area contributed by atoms with E-state index in [1.54, 1.807) is 17.0 Å². The van der Waals surface area contributed by atoms with Crippen molar-refractivity contribution < 1.29 is 14.0 Å². The second-order valence-corrected chi connectivity index (χ2v) is 6.15. The molecule has 0 aromatic heterocycles. The lowest BCUT2D eigenvalue weighted by molar-refractivity contribution is -0.131. The molecule has 114 valence electrons. The molecule has 1 aromatic rings. The van der Waals surface area contributed by atoms with Gasteiger partial charge < -0.3 is 15.5 Å². The summed E-state index contributed by atoms with van der Waals surface area (Å²) in [6.45, 7) is 6.32. The minimum absolute atomic E-state index is 0.0127. The molecule has 1 aliphatic rings. The number of para-hydroxylation sites is 1. The number of amides is 3. The molecule has 6 heteroatoms. The summed E-state index contributed by atoms with van der Waals surface area (Å²) >= 11 is 0. The average molecular weight is 293 g/mol. The minimum Gasteiger partial charge on any atom is -0.336 e. The summed E-state index contributed by atoms with van der Waals surface area (Å²) in [5, 5.41) is 5.16.